The van der Waals surface area contributed by atoms with Crippen molar-refractivity contribution < 1.29 is 9.13 Å². The van der Waals surface area contributed by atoms with E-state index >= 15 is 0 Å². The van der Waals surface area contributed by atoms with E-state index in [1.165, 1.54) is 6.07 Å². The van der Waals surface area contributed by atoms with E-state index in [0.29, 0.717) is 6.61 Å². The fourth-order valence-electron chi connectivity index (χ4n) is 1.73. The molecule has 0 bridgehead atoms. The van der Waals surface area contributed by atoms with E-state index in [9.17, 15) is 4.39 Å². The first kappa shape index (κ1) is 12.6. The van der Waals surface area contributed by atoms with Crippen molar-refractivity contribution in [2.45, 2.75) is 12.5 Å². The molecule has 0 spiro atoms. The molecule has 2 N–H and O–H groups in total. The van der Waals surface area contributed by atoms with Crippen LogP contribution in [0.4, 0.5) is 4.39 Å². The molecule has 2 aromatic rings. The molecule has 0 amide bonds. The maximum atomic E-state index is 13.3. The summed E-state index contributed by atoms with van der Waals surface area (Å²) in [6.07, 6.45) is 0.718. The third-order valence-corrected chi connectivity index (χ3v) is 2.63. The predicted octanol–water partition coefficient (Wildman–Crippen LogP) is 2.77. The highest BCUT2D eigenvalue weighted by atomic mass is 19.1. The molecular formula is C15H16FNO. The summed E-state index contributed by atoms with van der Waals surface area (Å²) in [4.78, 5) is 0. The Labute approximate surface area is 106 Å². The lowest BCUT2D eigenvalue weighted by Crippen LogP contribution is -2.30. The molecule has 2 nitrogen and oxygen atoms in total. The summed E-state index contributed by atoms with van der Waals surface area (Å²) in [5.74, 6) is -0.106. The number of benzene rings is 2. The van der Waals surface area contributed by atoms with Gasteiger partial charge in [-0.1, -0.05) is 42.5 Å². The van der Waals surface area contributed by atoms with Crippen LogP contribution in [0.2, 0.25) is 0 Å². The number of rotatable bonds is 5. The highest BCUT2D eigenvalue weighted by molar-refractivity contribution is 5.23. The van der Waals surface area contributed by atoms with Crippen molar-refractivity contribution in [3.05, 3.63) is 66.0 Å². The topological polar surface area (TPSA) is 35.2 Å². The monoisotopic (exact) mass is 245 g/mol. The third-order valence-electron chi connectivity index (χ3n) is 2.63. The minimum absolute atomic E-state index is 0.146. The molecule has 2 aromatic carbocycles. The van der Waals surface area contributed by atoms with E-state index in [2.05, 4.69) is 0 Å². The first-order valence-electron chi connectivity index (χ1n) is 5.92. The van der Waals surface area contributed by atoms with Crippen molar-refractivity contribution >= 4 is 0 Å². The Morgan fingerprint density at radius 1 is 1.00 bits per heavy atom. The molecule has 3 heteroatoms. The fourth-order valence-corrected chi connectivity index (χ4v) is 1.73. The molecule has 0 aromatic heterocycles. The molecule has 0 heterocycles. The molecule has 1 atom stereocenters. The lowest BCUT2D eigenvalue weighted by atomic mass is 10.1. The lowest BCUT2D eigenvalue weighted by Gasteiger charge is -2.13. The molecule has 0 aliphatic heterocycles. The van der Waals surface area contributed by atoms with E-state index in [4.69, 9.17) is 10.5 Å². The molecule has 94 valence electrons. The zero-order chi connectivity index (χ0) is 12.8. The van der Waals surface area contributed by atoms with E-state index < -0.39 is 0 Å². The average molecular weight is 245 g/mol. The van der Waals surface area contributed by atoms with E-state index in [0.717, 1.165) is 12.0 Å². The van der Waals surface area contributed by atoms with Gasteiger partial charge in [0.25, 0.3) is 0 Å². The Kier molecular flexibility index (Phi) is 4.31. The minimum Gasteiger partial charge on any atom is -0.489 e. The summed E-state index contributed by atoms with van der Waals surface area (Å²) >= 11 is 0. The summed E-state index contributed by atoms with van der Waals surface area (Å²) < 4.78 is 18.7. The van der Waals surface area contributed by atoms with Crippen molar-refractivity contribution in [2.75, 3.05) is 6.61 Å². The number of para-hydroxylation sites is 1. The summed E-state index contributed by atoms with van der Waals surface area (Å²) in [5.41, 5.74) is 7.11. The normalized spacial score (nSPS) is 12.1. The Hall–Kier alpha value is -1.87. The quantitative estimate of drug-likeness (QED) is 0.879. The second-order valence-corrected chi connectivity index (χ2v) is 4.19. The maximum absolute atomic E-state index is 13.3. The van der Waals surface area contributed by atoms with Gasteiger partial charge in [0.05, 0.1) is 0 Å². The van der Waals surface area contributed by atoms with Crippen molar-refractivity contribution in [3.63, 3.8) is 0 Å². The average Bonchev–Trinajstić information content (AvgIpc) is 2.39. The van der Waals surface area contributed by atoms with Gasteiger partial charge in [0.15, 0.2) is 11.6 Å². The van der Waals surface area contributed by atoms with Crippen LogP contribution in [0.1, 0.15) is 5.56 Å². The van der Waals surface area contributed by atoms with Gasteiger partial charge in [-0.2, -0.15) is 0 Å². The molecule has 1 unspecified atom stereocenters. The van der Waals surface area contributed by atoms with Crippen LogP contribution in [-0.4, -0.2) is 12.6 Å². The molecule has 0 fully saturated rings. The number of hydrogen-bond donors (Lipinski definition) is 1. The minimum atomic E-state index is -0.357. The van der Waals surface area contributed by atoms with E-state index in [-0.39, 0.29) is 17.6 Å². The van der Waals surface area contributed by atoms with Crippen molar-refractivity contribution in [1.29, 1.82) is 0 Å². The zero-order valence-corrected chi connectivity index (χ0v) is 10.1. The highest BCUT2D eigenvalue weighted by Gasteiger charge is 2.07. The van der Waals surface area contributed by atoms with Crippen LogP contribution in [0, 0.1) is 5.82 Å². The second kappa shape index (κ2) is 6.17. The first-order valence-corrected chi connectivity index (χ1v) is 5.92. The smallest absolute Gasteiger partial charge is 0.165 e. The van der Waals surface area contributed by atoms with E-state index in [1.54, 1.807) is 18.2 Å². The molecule has 18 heavy (non-hydrogen) atoms. The second-order valence-electron chi connectivity index (χ2n) is 4.19. The van der Waals surface area contributed by atoms with Crippen LogP contribution in [0.25, 0.3) is 0 Å². The van der Waals surface area contributed by atoms with Crippen LogP contribution in [-0.2, 0) is 6.42 Å². The van der Waals surface area contributed by atoms with Crippen LogP contribution >= 0.6 is 0 Å². The molecule has 0 aliphatic carbocycles. The van der Waals surface area contributed by atoms with Gasteiger partial charge in [0, 0.05) is 6.04 Å². The molecule has 0 saturated carbocycles. The molecule has 0 saturated heterocycles. The van der Waals surface area contributed by atoms with Crippen molar-refractivity contribution in [1.82, 2.24) is 0 Å². The van der Waals surface area contributed by atoms with Gasteiger partial charge in [0.2, 0.25) is 0 Å². The summed E-state index contributed by atoms with van der Waals surface area (Å²) in [7, 11) is 0. The Bertz CT molecular complexity index is 487. The van der Waals surface area contributed by atoms with Crippen LogP contribution in [0.5, 0.6) is 5.75 Å². The van der Waals surface area contributed by atoms with Crippen LogP contribution < -0.4 is 10.5 Å². The molecule has 0 aliphatic rings. The van der Waals surface area contributed by atoms with Crippen molar-refractivity contribution in [3.8, 4) is 5.75 Å². The number of nitrogens with two attached hydrogens (primary N) is 1. The van der Waals surface area contributed by atoms with Gasteiger partial charge in [0.1, 0.15) is 6.61 Å². The van der Waals surface area contributed by atoms with Crippen LogP contribution in [0.3, 0.4) is 0 Å². The van der Waals surface area contributed by atoms with Gasteiger partial charge in [-0.3, -0.25) is 0 Å². The van der Waals surface area contributed by atoms with Gasteiger partial charge in [-0.05, 0) is 24.1 Å². The van der Waals surface area contributed by atoms with Crippen molar-refractivity contribution in [2.24, 2.45) is 5.73 Å². The maximum Gasteiger partial charge on any atom is 0.165 e. The van der Waals surface area contributed by atoms with E-state index in [1.807, 2.05) is 30.3 Å². The van der Waals surface area contributed by atoms with Gasteiger partial charge in [-0.15, -0.1) is 0 Å². The SMILES string of the molecule is NC(COc1ccccc1F)Cc1ccccc1. The zero-order valence-electron chi connectivity index (χ0n) is 10.1. The highest BCUT2D eigenvalue weighted by Crippen LogP contribution is 2.15. The summed E-state index contributed by atoms with van der Waals surface area (Å²) in [6.45, 7) is 0.301. The van der Waals surface area contributed by atoms with Gasteiger partial charge < -0.3 is 10.5 Å². The number of ether oxygens (including phenoxy) is 1. The molecular weight excluding hydrogens is 229 g/mol. The Morgan fingerprint density at radius 3 is 2.39 bits per heavy atom. The standard InChI is InChI=1S/C15H16FNO/c16-14-8-4-5-9-15(14)18-11-13(17)10-12-6-2-1-3-7-12/h1-9,13H,10-11,17H2. The largest absolute Gasteiger partial charge is 0.489 e. The molecule has 2 rings (SSSR count). The first-order chi connectivity index (χ1) is 8.75. The molecule has 0 radical (unpaired) electrons. The Morgan fingerprint density at radius 2 is 1.67 bits per heavy atom. The number of hydrogen-bond acceptors (Lipinski definition) is 2. The fraction of sp³-hybridized carbons (Fsp3) is 0.200. The third kappa shape index (κ3) is 3.57. The summed E-state index contributed by atoms with van der Waals surface area (Å²) in [6, 6.07) is 16.1. The Balaban J connectivity index is 1.86. The predicted molar refractivity (Wildman–Crippen MR) is 70.0 cm³/mol. The summed E-state index contributed by atoms with van der Waals surface area (Å²) in [5, 5.41) is 0. The number of halogens is 1. The lowest BCUT2D eigenvalue weighted by molar-refractivity contribution is 0.275. The van der Waals surface area contributed by atoms with Crippen LogP contribution in [0.15, 0.2) is 54.6 Å². The van der Waals surface area contributed by atoms with Gasteiger partial charge >= 0.3 is 0 Å². The van der Waals surface area contributed by atoms with Gasteiger partial charge in [-0.25, -0.2) is 4.39 Å².